The van der Waals surface area contributed by atoms with Gasteiger partial charge in [0.15, 0.2) is 0 Å². The van der Waals surface area contributed by atoms with E-state index in [2.05, 4.69) is 4.90 Å². The molecule has 2 aromatic rings. The van der Waals surface area contributed by atoms with Gasteiger partial charge in [0.05, 0.1) is 0 Å². The van der Waals surface area contributed by atoms with Gasteiger partial charge < -0.3 is 9.52 Å². The molecule has 0 saturated carbocycles. The van der Waals surface area contributed by atoms with E-state index in [1.54, 1.807) is 19.1 Å². The van der Waals surface area contributed by atoms with E-state index in [4.69, 9.17) is 4.42 Å². The number of alkyl halides is 1. The smallest absolute Gasteiger partial charge is 0.336 e. The van der Waals surface area contributed by atoms with Crippen molar-refractivity contribution in [2.75, 3.05) is 13.1 Å². The van der Waals surface area contributed by atoms with Crippen molar-refractivity contribution in [3.63, 3.8) is 0 Å². The van der Waals surface area contributed by atoms with Gasteiger partial charge in [0.1, 0.15) is 17.0 Å². The lowest BCUT2D eigenvalue weighted by Gasteiger charge is -2.34. The molecule has 5 heteroatoms. The van der Waals surface area contributed by atoms with Crippen molar-refractivity contribution in [2.45, 2.75) is 32.0 Å². The van der Waals surface area contributed by atoms with Crippen LogP contribution in [0.3, 0.4) is 0 Å². The quantitative estimate of drug-likeness (QED) is 0.864. The number of hydrogen-bond acceptors (Lipinski definition) is 4. The molecule has 0 aliphatic carbocycles. The van der Waals surface area contributed by atoms with Crippen LogP contribution in [-0.4, -0.2) is 28.8 Å². The van der Waals surface area contributed by atoms with Gasteiger partial charge >= 0.3 is 5.63 Å². The van der Waals surface area contributed by atoms with Gasteiger partial charge in [0.25, 0.3) is 0 Å². The number of benzene rings is 1. The fourth-order valence-electron chi connectivity index (χ4n) is 2.77. The van der Waals surface area contributed by atoms with Gasteiger partial charge in [-0.1, -0.05) is 0 Å². The molecule has 3 rings (SSSR count). The number of likely N-dealkylation sites (tertiary alicyclic amines) is 1. The molecule has 1 aliphatic rings. The van der Waals surface area contributed by atoms with Crippen LogP contribution in [0.15, 0.2) is 33.5 Å². The Morgan fingerprint density at radius 3 is 2.76 bits per heavy atom. The largest absolute Gasteiger partial charge is 0.508 e. The molecule has 0 bridgehead atoms. The minimum atomic E-state index is -1.08. The standard InChI is InChI=1S/C16H18FNO3/c1-16(17)4-6-18(7-5-16)10-11-8-15(20)21-14-9-12(19)2-3-13(11)14/h2-3,8-9,19H,4-7,10H2,1H3. The van der Waals surface area contributed by atoms with Crippen molar-refractivity contribution in [2.24, 2.45) is 0 Å². The van der Waals surface area contributed by atoms with Crippen LogP contribution in [0.2, 0.25) is 0 Å². The first-order valence-corrected chi connectivity index (χ1v) is 7.10. The summed E-state index contributed by atoms with van der Waals surface area (Å²) in [7, 11) is 0. The topological polar surface area (TPSA) is 53.7 Å². The second kappa shape index (κ2) is 5.15. The molecule has 1 aliphatic heterocycles. The molecular formula is C16H18FNO3. The van der Waals surface area contributed by atoms with Crippen LogP contribution in [0.1, 0.15) is 25.3 Å². The van der Waals surface area contributed by atoms with E-state index in [0.29, 0.717) is 38.1 Å². The molecule has 1 N–H and O–H groups in total. The highest BCUT2D eigenvalue weighted by atomic mass is 19.1. The van der Waals surface area contributed by atoms with Crippen LogP contribution in [0.4, 0.5) is 4.39 Å². The molecule has 2 heterocycles. The highest BCUT2D eigenvalue weighted by Crippen LogP contribution is 2.28. The maximum atomic E-state index is 13.8. The average molecular weight is 291 g/mol. The Bertz CT molecular complexity index is 713. The molecule has 1 aromatic heterocycles. The maximum absolute atomic E-state index is 13.8. The number of aromatic hydroxyl groups is 1. The third kappa shape index (κ3) is 3.08. The van der Waals surface area contributed by atoms with E-state index < -0.39 is 11.3 Å². The normalized spacial score (nSPS) is 19.0. The van der Waals surface area contributed by atoms with Crippen molar-refractivity contribution >= 4 is 11.0 Å². The van der Waals surface area contributed by atoms with E-state index in [-0.39, 0.29) is 5.75 Å². The third-order valence-corrected chi connectivity index (χ3v) is 4.11. The molecule has 0 amide bonds. The first-order valence-electron chi connectivity index (χ1n) is 7.10. The van der Waals surface area contributed by atoms with Crippen LogP contribution in [0.5, 0.6) is 5.75 Å². The third-order valence-electron chi connectivity index (χ3n) is 4.11. The van der Waals surface area contributed by atoms with E-state index in [1.807, 2.05) is 0 Å². The maximum Gasteiger partial charge on any atom is 0.336 e. The zero-order chi connectivity index (χ0) is 15.0. The summed E-state index contributed by atoms with van der Waals surface area (Å²) in [4.78, 5) is 13.8. The Hall–Kier alpha value is -1.88. The number of hydrogen-bond donors (Lipinski definition) is 1. The van der Waals surface area contributed by atoms with Crippen molar-refractivity contribution in [3.05, 3.63) is 40.2 Å². The lowest BCUT2D eigenvalue weighted by molar-refractivity contribution is 0.0706. The Kier molecular flexibility index (Phi) is 3.45. The van der Waals surface area contributed by atoms with Crippen LogP contribution in [-0.2, 0) is 6.54 Å². The lowest BCUT2D eigenvalue weighted by atomic mass is 9.95. The van der Waals surface area contributed by atoms with E-state index in [1.165, 1.54) is 12.1 Å². The molecule has 1 aromatic carbocycles. The molecule has 21 heavy (non-hydrogen) atoms. The van der Waals surface area contributed by atoms with Gasteiger partial charge in [0, 0.05) is 37.2 Å². The molecule has 1 saturated heterocycles. The summed E-state index contributed by atoms with van der Waals surface area (Å²) in [5.41, 5.74) is -0.288. The van der Waals surface area contributed by atoms with Crippen molar-refractivity contribution in [3.8, 4) is 5.75 Å². The van der Waals surface area contributed by atoms with Gasteiger partial charge in [-0.15, -0.1) is 0 Å². The monoisotopic (exact) mass is 291 g/mol. The highest BCUT2D eigenvalue weighted by molar-refractivity contribution is 5.81. The predicted octanol–water partition coefficient (Wildman–Crippen LogP) is 2.82. The lowest BCUT2D eigenvalue weighted by Crippen LogP contribution is -2.39. The minimum Gasteiger partial charge on any atom is -0.508 e. The van der Waals surface area contributed by atoms with Gasteiger partial charge in [0.2, 0.25) is 0 Å². The molecule has 0 atom stereocenters. The van der Waals surface area contributed by atoms with E-state index >= 15 is 0 Å². The average Bonchev–Trinajstić information content (AvgIpc) is 2.40. The zero-order valence-electron chi connectivity index (χ0n) is 11.9. The number of piperidine rings is 1. The number of fused-ring (bicyclic) bond motifs is 1. The highest BCUT2D eigenvalue weighted by Gasteiger charge is 2.29. The second-order valence-corrected chi connectivity index (χ2v) is 5.96. The van der Waals surface area contributed by atoms with Gasteiger partial charge in [-0.3, -0.25) is 4.90 Å². The van der Waals surface area contributed by atoms with Gasteiger partial charge in [-0.25, -0.2) is 9.18 Å². The second-order valence-electron chi connectivity index (χ2n) is 5.96. The molecule has 112 valence electrons. The van der Waals surface area contributed by atoms with Gasteiger partial charge in [-0.05, 0) is 37.5 Å². The van der Waals surface area contributed by atoms with Crippen LogP contribution < -0.4 is 5.63 Å². The van der Waals surface area contributed by atoms with E-state index in [0.717, 1.165) is 10.9 Å². The number of phenolic OH excluding ortho intramolecular Hbond substituents is 1. The van der Waals surface area contributed by atoms with Gasteiger partial charge in [-0.2, -0.15) is 0 Å². The number of rotatable bonds is 2. The number of phenols is 1. The van der Waals surface area contributed by atoms with Crippen molar-refractivity contribution < 1.29 is 13.9 Å². The fourth-order valence-corrected chi connectivity index (χ4v) is 2.77. The Balaban J connectivity index is 1.89. The predicted molar refractivity (Wildman–Crippen MR) is 78.2 cm³/mol. The van der Waals surface area contributed by atoms with Crippen LogP contribution in [0, 0.1) is 0 Å². The van der Waals surface area contributed by atoms with Crippen molar-refractivity contribution in [1.82, 2.24) is 4.90 Å². The zero-order valence-corrected chi connectivity index (χ0v) is 11.9. The summed E-state index contributed by atoms with van der Waals surface area (Å²) in [5.74, 6) is 0.0639. The summed E-state index contributed by atoms with van der Waals surface area (Å²) in [6.07, 6.45) is 1.01. The van der Waals surface area contributed by atoms with Crippen LogP contribution in [0.25, 0.3) is 11.0 Å². The molecular weight excluding hydrogens is 273 g/mol. The van der Waals surface area contributed by atoms with E-state index in [9.17, 15) is 14.3 Å². The Morgan fingerprint density at radius 2 is 2.05 bits per heavy atom. The number of nitrogens with zero attached hydrogens (tertiary/aromatic N) is 1. The first kappa shape index (κ1) is 14.1. The molecule has 0 spiro atoms. The summed E-state index contributed by atoms with van der Waals surface area (Å²) in [6.45, 7) is 3.57. The van der Waals surface area contributed by atoms with Crippen molar-refractivity contribution in [1.29, 1.82) is 0 Å². The van der Waals surface area contributed by atoms with Crippen LogP contribution >= 0.6 is 0 Å². The summed E-state index contributed by atoms with van der Waals surface area (Å²) >= 11 is 0. The summed E-state index contributed by atoms with van der Waals surface area (Å²) in [5, 5.41) is 10.3. The molecule has 0 radical (unpaired) electrons. The molecule has 1 fully saturated rings. The first-order chi connectivity index (χ1) is 9.93. The Morgan fingerprint density at radius 1 is 1.33 bits per heavy atom. The SMILES string of the molecule is CC1(F)CCN(Cc2cc(=O)oc3cc(O)ccc23)CC1. The Labute approximate surface area is 121 Å². The molecule has 0 unspecified atom stereocenters. The number of halogens is 1. The molecule has 4 nitrogen and oxygen atoms in total. The summed E-state index contributed by atoms with van der Waals surface area (Å²) in [6, 6.07) is 6.23. The minimum absolute atomic E-state index is 0.0639. The summed E-state index contributed by atoms with van der Waals surface area (Å²) < 4.78 is 18.9. The fraction of sp³-hybridized carbons (Fsp3) is 0.438.